The van der Waals surface area contributed by atoms with E-state index in [9.17, 15) is 4.79 Å². The maximum Gasteiger partial charge on any atom is 0.279 e. The van der Waals surface area contributed by atoms with Gasteiger partial charge < -0.3 is 5.32 Å². The Bertz CT molecular complexity index is 124. The van der Waals surface area contributed by atoms with E-state index in [2.05, 4.69) is 19.2 Å². The molecule has 9 heavy (non-hydrogen) atoms. The minimum Gasteiger partial charge on any atom is -0.346 e. The van der Waals surface area contributed by atoms with Crippen LogP contribution in [0.3, 0.4) is 0 Å². The summed E-state index contributed by atoms with van der Waals surface area (Å²) in [6.45, 7) is 5.12. The van der Waals surface area contributed by atoms with E-state index in [1.807, 2.05) is 0 Å². The molecule has 1 N–H and O–H groups in total. The topological polar surface area (TPSA) is 29.1 Å². The van der Waals surface area contributed by atoms with Crippen molar-refractivity contribution in [1.29, 1.82) is 0 Å². The number of rotatable bonds is 1. The molecule has 1 aliphatic heterocycles. The van der Waals surface area contributed by atoms with Crippen LogP contribution in [0.4, 0.5) is 4.79 Å². The first kappa shape index (κ1) is 6.93. The molecule has 52 valence electrons. The highest BCUT2D eigenvalue weighted by Gasteiger charge is 2.24. The summed E-state index contributed by atoms with van der Waals surface area (Å²) in [7, 11) is 0. The zero-order valence-electron chi connectivity index (χ0n) is 5.68. The van der Waals surface area contributed by atoms with Gasteiger partial charge in [-0.15, -0.1) is 0 Å². The molecule has 1 rings (SSSR count). The number of hydrogen-bond donors (Lipinski definition) is 1. The van der Waals surface area contributed by atoms with Crippen LogP contribution in [0.15, 0.2) is 0 Å². The fourth-order valence-corrected chi connectivity index (χ4v) is 1.66. The lowest BCUT2D eigenvalue weighted by atomic mass is 10.1. The second-order valence-corrected chi connectivity index (χ2v) is 3.78. The number of hydrogen-bond acceptors (Lipinski definition) is 2. The average Bonchev–Trinajstić information content (AvgIpc) is 2.14. The van der Waals surface area contributed by atoms with Crippen molar-refractivity contribution in [2.24, 2.45) is 5.92 Å². The molecule has 0 aliphatic carbocycles. The lowest BCUT2D eigenvalue weighted by Gasteiger charge is -2.08. The monoisotopic (exact) mass is 145 g/mol. The second kappa shape index (κ2) is 2.60. The van der Waals surface area contributed by atoms with E-state index in [1.165, 1.54) is 11.8 Å². The van der Waals surface area contributed by atoms with Crippen LogP contribution in [0.25, 0.3) is 0 Å². The van der Waals surface area contributed by atoms with Crippen LogP contribution in [-0.4, -0.2) is 17.0 Å². The lowest BCUT2D eigenvalue weighted by molar-refractivity contribution is 0.262. The van der Waals surface area contributed by atoms with Crippen molar-refractivity contribution >= 4 is 17.0 Å². The number of amides is 1. The molecule has 0 aromatic heterocycles. The molecule has 0 aromatic carbocycles. The van der Waals surface area contributed by atoms with Crippen molar-refractivity contribution in [2.75, 3.05) is 6.54 Å². The van der Waals surface area contributed by atoms with Gasteiger partial charge in [0.1, 0.15) is 0 Å². The van der Waals surface area contributed by atoms with Gasteiger partial charge in [0, 0.05) is 11.8 Å². The third kappa shape index (κ3) is 1.61. The summed E-state index contributed by atoms with van der Waals surface area (Å²) >= 11 is 1.42. The minimum atomic E-state index is 0.133. The number of carbonyl (C=O) groups is 1. The smallest absolute Gasteiger partial charge is 0.279 e. The highest BCUT2D eigenvalue weighted by atomic mass is 32.2. The van der Waals surface area contributed by atoms with Gasteiger partial charge in [-0.05, 0) is 5.92 Å². The third-order valence-corrected chi connectivity index (χ3v) is 2.82. The molecular weight excluding hydrogens is 134 g/mol. The first-order valence-corrected chi connectivity index (χ1v) is 4.02. The zero-order valence-corrected chi connectivity index (χ0v) is 6.49. The Balaban J connectivity index is 2.39. The molecule has 2 nitrogen and oxygen atoms in total. The van der Waals surface area contributed by atoms with Gasteiger partial charge in [0.05, 0.1) is 0 Å². The van der Waals surface area contributed by atoms with Crippen molar-refractivity contribution in [3.05, 3.63) is 0 Å². The van der Waals surface area contributed by atoms with Crippen molar-refractivity contribution in [3.63, 3.8) is 0 Å². The van der Waals surface area contributed by atoms with Crippen LogP contribution in [0, 0.1) is 5.92 Å². The SMILES string of the molecule is CC(C)C1CNC(=O)S1. The molecule has 1 fully saturated rings. The third-order valence-electron chi connectivity index (χ3n) is 1.45. The van der Waals surface area contributed by atoms with Gasteiger partial charge in [-0.25, -0.2) is 0 Å². The molecule has 1 amide bonds. The summed E-state index contributed by atoms with van der Waals surface area (Å²) in [5, 5.41) is 3.41. The first-order chi connectivity index (χ1) is 4.20. The molecule has 3 heteroatoms. The second-order valence-electron chi connectivity index (χ2n) is 2.57. The molecule has 0 saturated carbocycles. The Morgan fingerprint density at radius 3 is 2.67 bits per heavy atom. The van der Waals surface area contributed by atoms with Gasteiger partial charge >= 0.3 is 0 Å². The van der Waals surface area contributed by atoms with E-state index < -0.39 is 0 Å². The molecule has 1 unspecified atom stereocenters. The molecule has 0 aromatic rings. The van der Waals surface area contributed by atoms with Gasteiger partial charge in [-0.3, -0.25) is 4.79 Å². The van der Waals surface area contributed by atoms with E-state index in [0.29, 0.717) is 11.2 Å². The van der Waals surface area contributed by atoms with Gasteiger partial charge in [0.25, 0.3) is 5.24 Å². The highest BCUT2D eigenvalue weighted by molar-refractivity contribution is 8.14. The summed E-state index contributed by atoms with van der Waals surface area (Å²) in [6.07, 6.45) is 0. The van der Waals surface area contributed by atoms with E-state index >= 15 is 0 Å². The first-order valence-electron chi connectivity index (χ1n) is 3.14. The number of thioether (sulfide) groups is 1. The van der Waals surface area contributed by atoms with E-state index in [-0.39, 0.29) is 5.24 Å². The van der Waals surface area contributed by atoms with Crippen LogP contribution in [-0.2, 0) is 0 Å². The fourth-order valence-electron chi connectivity index (χ4n) is 0.777. The number of carbonyl (C=O) groups excluding carboxylic acids is 1. The predicted molar refractivity (Wildman–Crippen MR) is 39.6 cm³/mol. The summed E-state index contributed by atoms with van der Waals surface area (Å²) in [5.74, 6) is 0.606. The summed E-state index contributed by atoms with van der Waals surface area (Å²) in [6, 6.07) is 0. The molecule has 1 saturated heterocycles. The molecular formula is C6H11NOS. The van der Waals surface area contributed by atoms with Gasteiger partial charge in [0.15, 0.2) is 0 Å². The Hall–Kier alpha value is -0.180. The van der Waals surface area contributed by atoms with Gasteiger partial charge in [-0.1, -0.05) is 25.6 Å². The largest absolute Gasteiger partial charge is 0.346 e. The maximum atomic E-state index is 10.6. The Morgan fingerprint density at radius 2 is 2.44 bits per heavy atom. The van der Waals surface area contributed by atoms with E-state index in [1.54, 1.807) is 0 Å². The Morgan fingerprint density at radius 1 is 1.78 bits per heavy atom. The Kier molecular flexibility index (Phi) is 2.01. The van der Waals surface area contributed by atoms with Crippen molar-refractivity contribution in [3.8, 4) is 0 Å². The lowest BCUT2D eigenvalue weighted by Crippen LogP contribution is -2.18. The van der Waals surface area contributed by atoms with Crippen molar-refractivity contribution < 1.29 is 4.79 Å². The minimum absolute atomic E-state index is 0.133. The van der Waals surface area contributed by atoms with Gasteiger partial charge in [0.2, 0.25) is 0 Å². The quantitative estimate of drug-likeness (QED) is 0.605. The molecule has 1 aliphatic rings. The molecule has 0 bridgehead atoms. The summed E-state index contributed by atoms with van der Waals surface area (Å²) in [5.41, 5.74) is 0. The number of nitrogens with one attached hydrogen (secondary N) is 1. The van der Waals surface area contributed by atoms with E-state index in [0.717, 1.165) is 6.54 Å². The van der Waals surface area contributed by atoms with Crippen LogP contribution in [0.1, 0.15) is 13.8 Å². The van der Waals surface area contributed by atoms with Crippen LogP contribution >= 0.6 is 11.8 Å². The standard InChI is InChI=1S/C6H11NOS/c1-4(2)5-3-7-6(8)9-5/h4-5H,3H2,1-2H3,(H,7,8). The van der Waals surface area contributed by atoms with Crippen LogP contribution in [0.2, 0.25) is 0 Å². The summed E-state index contributed by atoms with van der Waals surface area (Å²) < 4.78 is 0. The maximum absolute atomic E-state index is 10.6. The predicted octanol–water partition coefficient (Wildman–Crippen LogP) is 1.47. The normalized spacial score (nSPS) is 27.0. The van der Waals surface area contributed by atoms with Crippen LogP contribution < -0.4 is 5.32 Å². The molecule has 0 spiro atoms. The van der Waals surface area contributed by atoms with Gasteiger partial charge in [-0.2, -0.15) is 0 Å². The van der Waals surface area contributed by atoms with Crippen molar-refractivity contribution in [1.82, 2.24) is 5.32 Å². The fraction of sp³-hybridized carbons (Fsp3) is 0.833. The van der Waals surface area contributed by atoms with E-state index in [4.69, 9.17) is 0 Å². The Labute approximate surface area is 59.4 Å². The molecule has 0 radical (unpaired) electrons. The summed E-state index contributed by atoms with van der Waals surface area (Å²) in [4.78, 5) is 10.6. The zero-order chi connectivity index (χ0) is 6.85. The van der Waals surface area contributed by atoms with Crippen LogP contribution in [0.5, 0.6) is 0 Å². The molecule has 1 atom stereocenters. The molecule has 1 heterocycles. The average molecular weight is 145 g/mol. The highest BCUT2D eigenvalue weighted by Crippen LogP contribution is 2.23. The van der Waals surface area contributed by atoms with Crippen molar-refractivity contribution in [2.45, 2.75) is 19.1 Å².